The van der Waals surface area contributed by atoms with Crippen LogP contribution in [0.15, 0.2) is 11.6 Å². The average Bonchev–Trinajstić information content (AvgIpc) is 2.37. The Labute approximate surface area is 126 Å². The highest BCUT2D eigenvalue weighted by atomic mass is 14.6. The van der Waals surface area contributed by atoms with Crippen LogP contribution in [0.1, 0.15) is 79.6 Å². The standard InChI is InChI=1S/C20H34/c1-14(2)15-7-9-17-16(13-15)8-10-18-19(3,4)11-6-12-20(17,18)5/h13-15,17-18H,6-12H2,1-5H3/t15?,17-,18?,20-/m1/s1. The van der Waals surface area contributed by atoms with Gasteiger partial charge in [0.25, 0.3) is 0 Å². The predicted molar refractivity (Wildman–Crippen MR) is 87.6 cm³/mol. The molecule has 0 heteroatoms. The van der Waals surface area contributed by atoms with Gasteiger partial charge in [-0.25, -0.2) is 0 Å². The van der Waals surface area contributed by atoms with Gasteiger partial charge in [0.1, 0.15) is 0 Å². The van der Waals surface area contributed by atoms with E-state index in [2.05, 4.69) is 40.7 Å². The van der Waals surface area contributed by atoms with Gasteiger partial charge in [0.15, 0.2) is 0 Å². The lowest BCUT2D eigenvalue weighted by Crippen LogP contribution is -2.50. The van der Waals surface area contributed by atoms with E-state index >= 15 is 0 Å². The minimum atomic E-state index is 0.577. The fraction of sp³-hybridized carbons (Fsp3) is 0.900. The van der Waals surface area contributed by atoms with Gasteiger partial charge in [-0.2, -0.15) is 0 Å². The van der Waals surface area contributed by atoms with Gasteiger partial charge >= 0.3 is 0 Å². The number of fused-ring (bicyclic) bond motifs is 3. The zero-order valence-corrected chi connectivity index (χ0v) is 14.3. The van der Waals surface area contributed by atoms with E-state index in [1.54, 1.807) is 0 Å². The molecule has 0 heterocycles. The summed E-state index contributed by atoms with van der Waals surface area (Å²) in [6, 6.07) is 0. The van der Waals surface area contributed by atoms with Gasteiger partial charge in [-0.15, -0.1) is 0 Å². The Morgan fingerprint density at radius 3 is 2.50 bits per heavy atom. The first-order chi connectivity index (χ1) is 9.34. The first-order valence-electron chi connectivity index (χ1n) is 9.05. The molecule has 2 fully saturated rings. The number of hydrogen-bond donors (Lipinski definition) is 0. The third-order valence-corrected chi connectivity index (χ3v) is 7.31. The summed E-state index contributed by atoms with van der Waals surface area (Å²) in [4.78, 5) is 0. The van der Waals surface area contributed by atoms with Crippen molar-refractivity contribution in [2.24, 2.45) is 34.5 Å². The molecule has 2 saturated carbocycles. The van der Waals surface area contributed by atoms with Gasteiger partial charge < -0.3 is 0 Å². The first-order valence-corrected chi connectivity index (χ1v) is 9.05. The Morgan fingerprint density at radius 2 is 1.80 bits per heavy atom. The van der Waals surface area contributed by atoms with E-state index in [0.29, 0.717) is 10.8 Å². The molecule has 3 rings (SSSR count). The van der Waals surface area contributed by atoms with Crippen LogP contribution in [0.2, 0.25) is 0 Å². The fourth-order valence-electron chi connectivity index (χ4n) is 6.17. The Kier molecular flexibility index (Phi) is 3.58. The van der Waals surface area contributed by atoms with Crippen molar-refractivity contribution in [3.05, 3.63) is 11.6 Å². The molecule has 0 spiro atoms. The molecule has 4 atom stereocenters. The molecule has 3 aliphatic rings. The molecule has 0 nitrogen and oxygen atoms in total. The molecule has 20 heavy (non-hydrogen) atoms. The van der Waals surface area contributed by atoms with Crippen molar-refractivity contribution in [2.45, 2.75) is 79.6 Å². The summed E-state index contributed by atoms with van der Waals surface area (Å²) in [5, 5.41) is 0. The van der Waals surface area contributed by atoms with E-state index in [4.69, 9.17) is 0 Å². The van der Waals surface area contributed by atoms with Crippen molar-refractivity contribution in [1.29, 1.82) is 0 Å². The summed E-state index contributed by atoms with van der Waals surface area (Å²) in [6.07, 6.45) is 12.9. The molecular formula is C20H34. The molecule has 0 amide bonds. The van der Waals surface area contributed by atoms with Crippen LogP contribution in [0, 0.1) is 34.5 Å². The Morgan fingerprint density at radius 1 is 1.05 bits per heavy atom. The van der Waals surface area contributed by atoms with Crippen molar-refractivity contribution >= 4 is 0 Å². The summed E-state index contributed by atoms with van der Waals surface area (Å²) in [7, 11) is 0. The highest BCUT2D eigenvalue weighted by Crippen LogP contribution is 2.63. The highest BCUT2D eigenvalue weighted by Gasteiger charge is 2.53. The first kappa shape index (κ1) is 14.7. The maximum absolute atomic E-state index is 2.71. The third-order valence-electron chi connectivity index (χ3n) is 7.31. The Hall–Kier alpha value is -0.260. The normalized spacial score (nSPS) is 43.7. The molecule has 0 aromatic rings. The molecule has 0 aromatic heterocycles. The van der Waals surface area contributed by atoms with Crippen LogP contribution in [-0.2, 0) is 0 Å². The minimum Gasteiger partial charge on any atom is -0.0817 e. The SMILES string of the molecule is CC(C)C1C=C2CCC3C(C)(C)CCC[C@]3(C)[C@@H]2CC1. The summed E-state index contributed by atoms with van der Waals surface area (Å²) < 4.78 is 0. The van der Waals surface area contributed by atoms with Crippen LogP contribution < -0.4 is 0 Å². The molecule has 2 unspecified atom stereocenters. The Bertz CT molecular complexity index is 400. The number of allylic oxidation sites excluding steroid dienone is 2. The molecule has 0 bridgehead atoms. The predicted octanol–water partition coefficient (Wildman–Crippen LogP) is 6.22. The van der Waals surface area contributed by atoms with Crippen molar-refractivity contribution in [3.8, 4) is 0 Å². The molecule has 0 aliphatic heterocycles. The second kappa shape index (κ2) is 4.89. The molecule has 0 N–H and O–H groups in total. The summed E-state index contributed by atoms with van der Waals surface area (Å²) in [5.41, 5.74) is 3.03. The van der Waals surface area contributed by atoms with E-state index in [-0.39, 0.29) is 0 Å². The molecule has 0 radical (unpaired) electrons. The van der Waals surface area contributed by atoms with E-state index in [9.17, 15) is 0 Å². The van der Waals surface area contributed by atoms with E-state index in [1.165, 1.54) is 44.9 Å². The highest BCUT2D eigenvalue weighted by molar-refractivity contribution is 5.22. The van der Waals surface area contributed by atoms with Crippen molar-refractivity contribution < 1.29 is 0 Å². The van der Waals surface area contributed by atoms with Crippen LogP contribution in [0.5, 0.6) is 0 Å². The molecule has 0 saturated heterocycles. The lowest BCUT2D eigenvalue weighted by atomic mass is 9.46. The molecule has 0 aromatic carbocycles. The largest absolute Gasteiger partial charge is 0.0817 e. The second-order valence-corrected chi connectivity index (χ2v) is 9.22. The van der Waals surface area contributed by atoms with Crippen LogP contribution in [-0.4, -0.2) is 0 Å². The number of rotatable bonds is 1. The monoisotopic (exact) mass is 274 g/mol. The summed E-state index contributed by atoms with van der Waals surface area (Å²) >= 11 is 0. The van der Waals surface area contributed by atoms with E-state index in [1.807, 2.05) is 5.57 Å². The maximum Gasteiger partial charge on any atom is -0.0146 e. The van der Waals surface area contributed by atoms with Crippen molar-refractivity contribution in [3.63, 3.8) is 0 Å². The molecule has 114 valence electrons. The van der Waals surface area contributed by atoms with Gasteiger partial charge in [-0.05, 0) is 73.0 Å². The Balaban J connectivity index is 1.91. The summed E-state index contributed by atoms with van der Waals surface area (Å²) in [6.45, 7) is 12.5. The fourth-order valence-corrected chi connectivity index (χ4v) is 6.17. The average molecular weight is 274 g/mol. The molecule has 3 aliphatic carbocycles. The van der Waals surface area contributed by atoms with Gasteiger partial charge in [0, 0.05) is 0 Å². The minimum absolute atomic E-state index is 0.577. The van der Waals surface area contributed by atoms with Gasteiger partial charge in [-0.1, -0.05) is 52.7 Å². The quantitative estimate of drug-likeness (QED) is 0.498. The van der Waals surface area contributed by atoms with Gasteiger partial charge in [0.2, 0.25) is 0 Å². The van der Waals surface area contributed by atoms with Crippen LogP contribution in [0.4, 0.5) is 0 Å². The number of hydrogen-bond acceptors (Lipinski definition) is 0. The van der Waals surface area contributed by atoms with E-state index in [0.717, 1.165) is 23.7 Å². The molecular weight excluding hydrogens is 240 g/mol. The topological polar surface area (TPSA) is 0 Å². The second-order valence-electron chi connectivity index (χ2n) is 9.22. The maximum atomic E-state index is 2.71. The van der Waals surface area contributed by atoms with Gasteiger partial charge in [0.05, 0.1) is 0 Å². The van der Waals surface area contributed by atoms with Crippen LogP contribution >= 0.6 is 0 Å². The smallest absolute Gasteiger partial charge is 0.0146 e. The zero-order chi connectivity index (χ0) is 14.5. The zero-order valence-electron chi connectivity index (χ0n) is 14.3. The summed E-state index contributed by atoms with van der Waals surface area (Å²) in [5.74, 6) is 3.56. The van der Waals surface area contributed by atoms with Gasteiger partial charge in [-0.3, -0.25) is 0 Å². The van der Waals surface area contributed by atoms with Crippen LogP contribution in [0.3, 0.4) is 0 Å². The lowest BCUT2D eigenvalue weighted by molar-refractivity contribution is -0.0582. The van der Waals surface area contributed by atoms with Crippen molar-refractivity contribution in [1.82, 2.24) is 0 Å². The van der Waals surface area contributed by atoms with Crippen LogP contribution in [0.25, 0.3) is 0 Å². The third kappa shape index (κ3) is 2.18. The lowest BCUT2D eigenvalue weighted by Gasteiger charge is -2.59. The van der Waals surface area contributed by atoms with E-state index < -0.39 is 0 Å². The van der Waals surface area contributed by atoms with Crippen molar-refractivity contribution in [2.75, 3.05) is 0 Å².